The third-order valence-electron chi connectivity index (χ3n) is 5.01. The molecule has 0 fully saturated rings. The summed E-state index contributed by atoms with van der Waals surface area (Å²) >= 11 is 1.57. The van der Waals surface area contributed by atoms with Crippen LogP contribution in [0.1, 0.15) is 16.0 Å². The van der Waals surface area contributed by atoms with Crippen LogP contribution in [0.2, 0.25) is 0 Å². The molecular weight excluding hydrogens is 427 g/mol. The number of ether oxygens (including phenoxy) is 1. The summed E-state index contributed by atoms with van der Waals surface area (Å²) in [7, 11) is 1.57. The maximum atomic E-state index is 13.3. The van der Waals surface area contributed by atoms with E-state index in [4.69, 9.17) is 4.74 Å². The molecule has 0 atom stereocenters. The van der Waals surface area contributed by atoms with Crippen LogP contribution >= 0.6 is 11.3 Å². The largest absolute Gasteiger partial charge is 0.383 e. The van der Waals surface area contributed by atoms with E-state index in [9.17, 15) is 14.0 Å². The van der Waals surface area contributed by atoms with Gasteiger partial charge in [0.25, 0.3) is 0 Å². The van der Waals surface area contributed by atoms with Crippen LogP contribution in [0.15, 0.2) is 72.1 Å². The van der Waals surface area contributed by atoms with Crippen molar-refractivity contribution in [3.63, 3.8) is 0 Å². The fourth-order valence-corrected chi connectivity index (χ4v) is 3.99. The molecule has 0 aliphatic heterocycles. The van der Waals surface area contributed by atoms with E-state index in [1.54, 1.807) is 40.4 Å². The number of hydrogen-bond acceptors (Lipinski definition) is 4. The van der Waals surface area contributed by atoms with Crippen molar-refractivity contribution in [1.29, 1.82) is 0 Å². The van der Waals surface area contributed by atoms with Crippen molar-refractivity contribution in [2.75, 3.05) is 26.8 Å². The number of methoxy groups -OCH3 is 1. The zero-order chi connectivity index (χ0) is 22.8. The average Bonchev–Trinajstić information content (AvgIpc) is 3.31. The molecule has 2 aromatic carbocycles. The van der Waals surface area contributed by atoms with Crippen molar-refractivity contribution < 1.29 is 18.7 Å². The number of thiophene rings is 1. The van der Waals surface area contributed by atoms with Crippen LogP contribution in [0, 0.1) is 5.82 Å². The normalized spacial score (nSPS) is 10.7. The highest BCUT2D eigenvalue weighted by Crippen LogP contribution is 2.16. The molecule has 32 heavy (non-hydrogen) atoms. The molecule has 168 valence electrons. The molecule has 5 nitrogen and oxygen atoms in total. The van der Waals surface area contributed by atoms with Gasteiger partial charge >= 0.3 is 0 Å². The third kappa shape index (κ3) is 7.28. The lowest BCUT2D eigenvalue weighted by atomic mass is 10.1. The van der Waals surface area contributed by atoms with Crippen molar-refractivity contribution in [1.82, 2.24) is 9.80 Å². The zero-order valence-electron chi connectivity index (χ0n) is 18.1. The Morgan fingerprint density at radius 3 is 2.28 bits per heavy atom. The van der Waals surface area contributed by atoms with Gasteiger partial charge in [-0.15, -0.1) is 11.3 Å². The molecule has 0 bridgehead atoms. The molecule has 0 spiro atoms. The Bertz CT molecular complexity index is 978. The van der Waals surface area contributed by atoms with E-state index in [2.05, 4.69) is 0 Å². The lowest BCUT2D eigenvalue weighted by Crippen LogP contribution is -2.44. The minimum atomic E-state index is -0.317. The van der Waals surface area contributed by atoms with Crippen LogP contribution < -0.4 is 0 Å². The van der Waals surface area contributed by atoms with E-state index in [1.807, 2.05) is 47.8 Å². The lowest BCUT2D eigenvalue weighted by Gasteiger charge is -2.27. The Morgan fingerprint density at radius 2 is 1.62 bits per heavy atom. The standard InChI is InChI=1S/C25H27FN2O3S/c1-31-14-13-27(24(29)16-20-6-3-2-4-7-20)19-25(30)28(18-23-8-5-15-32-23)17-21-9-11-22(26)12-10-21/h2-12,15H,13-14,16-19H2,1H3. The SMILES string of the molecule is COCCN(CC(=O)N(Cc1ccc(F)cc1)Cc1cccs1)C(=O)Cc1ccccc1. The molecule has 0 aliphatic rings. The summed E-state index contributed by atoms with van der Waals surface area (Å²) < 4.78 is 18.5. The van der Waals surface area contributed by atoms with Gasteiger partial charge < -0.3 is 14.5 Å². The number of halogens is 1. The molecular formula is C25H27FN2O3S. The molecule has 0 saturated heterocycles. The first-order chi connectivity index (χ1) is 15.5. The van der Waals surface area contributed by atoms with Crippen LogP contribution in [0.25, 0.3) is 0 Å². The third-order valence-corrected chi connectivity index (χ3v) is 5.87. The Labute approximate surface area is 192 Å². The first-order valence-corrected chi connectivity index (χ1v) is 11.3. The highest BCUT2D eigenvalue weighted by molar-refractivity contribution is 7.09. The summed E-state index contributed by atoms with van der Waals surface area (Å²) in [5.74, 6) is -0.609. The van der Waals surface area contributed by atoms with Crippen LogP contribution in [-0.2, 0) is 33.8 Å². The molecule has 2 amide bonds. The van der Waals surface area contributed by atoms with Crippen LogP contribution in [0.5, 0.6) is 0 Å². The number of nitrogens with zero attached hydrogens (tertiary/aromatic N) is 2. The lowest BCUT2D eigenvalue weighted by molar-refractivity contribution is -0.141. The van der Waals surface area contributed by atoms with Gasteiger partial charge in [0, 0.05) is 25.1 Å². The number of hydrogen-bond donors (Lipinski definition) is 0. The first kappa shape index (κ1) is 23.6. The van der Waals surface area contributed by atoms with E-state index in [-0.39, 0.29) is 30.6 Å². The molecule has 1 aromatic heterocycles. The van der Waals surface area contributed by atoms with Gasteiger partial charge in [-0.3, -0.25) is 9.59 Å². The second kappa shape index (κ2) is 12.1. The first-order valence-electron chi connectivity index (χ1n) is 10.4. The quantitative estimate of drug-likeness (QED) is 0.438. The molecule has 0 N–H and O–H groups in total. The minimum Gasteiger partial charge on any atom is -0.383 e. The molecule has 0 unspecified atom stereocenters. The van der Waals surface area contributed by atoms with E-state index >= 15 is 0 Å². The molecule has 0 radical (unpaired) electrons. The second-order valence-corrected chi connectivity index (χ2v) is 8.46. The summed E-state index contributed by atoms with van der Waals surface area (Å²) in [6.07, 6.45) is 0.223. The van der Waals surface area contributed by atoms with Crippen molar-refractivity contribution in [2.45, 2.75) is 19.5 Å². The van der Waals surface area contributed by atoms with Crippen LogP contribution in [0.3, 0.4) is 0 Å². The average molecular weight is 455 g/mol. The topological polar surface area (TPSA) is 49.9 Å². The Balaban J connectivity index is 1.73. The molecule has 7 heteroatoms. The molecule has 3 aromatic rings. The summed E-state index contributed by atoms with van der Waals surface area (Å²) in [6, 6.07) is 19.5. The summed E-state index contributed by atoms with van der Waals surface area (Å²) in [6.45, 7) is 1.40. The number of rotatable bonds is 11. The van der Waals surface area contributed by atoms with Gasteiger partial charge in [-0.05, 0) is 34.7 Å². The minimum absolute atomic E-state index is 0.0401. The van der Waals surface area contributed by atoms with E-state index < -0.39 is 0 Å². The van der Waals surface area contributed by atoms with Crippen molar-refractivity contribution in [3.05, 3.63) is 93.9 Å². The van der Waals surface area contributed by atoms with Gasteiger partial charge in [0.1, 0.15) is 5.82 Å². The zero-order valence-corrected chi connectivity index (χ0v) is 18.9. The van der Waals surface area contributed by atoms with Crippen molar-refractivity contribution in [3.8, 4) is 0 Å². The van der Waals surface area contributed by atoms with Gasteiger partial charge in [0.05, 0.1) is 26.1 Å². The summed E-state index contributed by atoms with van der Waals surface area (Å²) in [5, 5.41) is 1.96. The van der Waals surface area contributed by atoms with E-state index in [0.29, 0.717) is 26.2 Å². The molecule has 3 rings (SSSR count). The van der Waals surface area contributed by atoms with E-state index in [1.165, 1.54) is 12.1 Å². The predicted molar refractivity (Wildman–Crippen MR) is 124 cm³/mol. The number of amides is 2. The maximum absolute atomic E-state index is 13.3. The van der Waals surface area contributed by atoms with Gasteiger partial charge in [-0.25, -0.2) is 4.39 Å². The highest BCUT2D eigenvalue weighted by Gasteiger charge is 2.22. The Kier molecular flexibility index (Phi) is 8.95. The smallest absolute Gasteiger partial charge is 0.242 e. The summed E-state index contributed by atoms with van der Waals surface area (Å²) in [5.41, 5.74) is 1.73. The number of benzene rings is 2. The Morgan fingerprint density at radius 1 is 0.875 bits per heavy atom. The second-order valence-electron chi connectivity index (χ2n) is 7.43. The van der Waals surface area contributed by atoms with Gasteiger partial charge in [-0.1, -0.05) is 48.5 Å². The monoisotopic (exact) mass is 454 g/mol. The van der Waals surface area contributed by atoms with Crippen molar-refractivity contribution >= 4 is 23.2 Å². The van der Waals surface area contributed by atoms with E-state index in [0.717, 1.165) is 16.0 Å². The van der Waals surface area contributed by atoms with Gasteiger partial charge in [0.2, 0.25) is 11.8 Å². The van der Waals surface area contributed by atoms with Crippen molar-refractivity contribution in [2.24, 2.45) is 0 Å². The molecule has 0 saturated carbocycles. The van der Waals surface area contributed by atoms with Gasteiger partial charge in [-0.2, -0.15) is 0 Å². The Hall–Kier alpha value is -3.03. The number of carbonyl (C=O) groups is 2. The van der Waals surface area contributed by atoms with Gasteiger partial charge in [0.15, 0.2) is 0 Å². The molecule has 1 heterocycles. The van der Waals surface area contributed by atoms with Crippen LogP contribution in [-0.4, -0.2) is 48.4 Å². The maximum Gasteiger partial charge on any atom is 0.242 e. The fourth-order valence-electron chi connectivity index (χ4n) is 3.27. The fraction of sp³-hybridized carbons (Fsp3) is 0.280. The highest BCUT2D eigenvalue weighted by atomic mass is 32.1. The predicted octanol–water partition coefficient (Wildman–Crippen LogP) is 4.13. The number of carbonyl (C=O) groups excluding carboxylic acids is 2. The summed E-state index contributed by atoms with van der Waals surface area (Å²) in [4.78, 5) is 30.5. The molecule has 0 aliphatic carbocycles. The van der Waals surface area contributed by atoms with Crippen LogP contribution in [0.4, 0.5) is 4.39 Å².